The van der Waals surface area contributed by atoms with Gasteiger partial charge in [-0.15, -0.1) is 0 Å². The molecule has 1 aromatic rings. The van der Waals surface area contributed by atoms with Crippen LogP contribution in [-0.4, -0.2) is 19.0 Å². The molecule has 0 amide bonds. The topological polar surface area (TPSA) is 37.3 Å². The normalized spacial score (nSPS) is 7.46. The fourth-order valence-electron chi connectivity index (χ4n) is 1.20. The minimum atomic E-state index is 1.00. The van der Waals surface area contributed by atoms with Crippen molar-refractivity contribution in [2.75, 3.05) is 7.11 Å². The summed E-state index contributed by atoms with van der Waals surface area (Å²) >= 11 is 0. The molecular weight excluding hydrogens is 164 g/mol. The van der Waals surface area contributed by atoms with Crippen LogP contribution in [0.1, 0.15) is 16.7 Å². The SMILES string of the molecule is C=O.CO.Cc1cc(C)cc(C)c1. The van der Waals surface area contributed by atoms with Gasteiger partial charge in [0.05, 0.1) is 0 Å². The Bertz CT molecular complexity index is 181. The highest BCUT2D eigenvalue weighted by atomic mass is 16.2. The maximum atomic E-state index is 8.00. The standard InChI is InChI=1S/C9H12.CH4O.CH2O/c1-7-4-8(2)6-9(3)5-7;2*1-2/h4-6H,1-3H3;2H,1H3;1H2. The second kappa shape index (κ2) is 8.94. The Kier molecular flexibility index (Phi) is 9.89. The highest BCUT2D eigenvalue weighted by Crippen LogP contribution is 2.06. The van der Waals surface area contributed by atoms with Crippen LogP contribution in [0.2, 0.25) is 0 Å². The van der Waals surface area contributed by atoms with Crippen LogP contribution in [0.3, 0.4) is 0 Å². The molecule has 13 heavy (non-hydrogen) atoms. The summed E-state index contributed by atoms with van der Waals surface area (Å²) in [5, 5.41) is 7.00. The van der Waals surface area contributed by atoms with Crippen molar-refractivity contribution in [2.45, 2.75) is 20.8 Å². The van der Waals surface area contributed by atoms with E-state index in [2.05, 4.69) is 39.0 Å². The molecule has 0 saturated carbocycles. The summed E-state index contributed by atoms with van der Waals surface area (Å²) in [6.07, 6.45) is 0. The van der Waals surface area contributed by atoms with Crippen LogP contribution in [0.15, 0.2) is 18.2 Å². The number of carbonyl (C=O) groups is 1. The molecule has 0 fully saturated rings. The molecule has 0 aliphatic carbocycles. The van der Waals surface area contributed by atoms with Gasteiger partial charge in [0, 0.05) is 7.11 Å². The molecule has 0 bridgehead atoms. The average molecular weight is 182 g/mol. The molecule has 0 heterocycles. The Morgan fingerprint density at radius 3 is 1.15 bits per heavy atom. The number of hydrogen-bond acceptors (Lipinski definition) is 2. The summed E-state index contributed by atoms with van der Waals surface area (Å²) in [4.78, 5) is 8.00. The van der Waals surface area contributed by atoms with E-state index in [4.69, 9.17) is 9.90 Å². The first kappa shape index (κ1) is 14.4. The van der Waals surface area contributed by atoms with Crippen molar-refractivity contribution in [2.24, 2.45) is 0 Å². The Labute approximate surface area is 80.2 Å². The number of benzene rings is 1. The second-order valence-corrected chi connectivity index (χ2v) is 2.67. The number of carbonyl (C=O) groups excluding carboxylic acids is 1. The zero-order chi connectivity index (χ0) is 10.9. The highest BCUT2D eigenvalue weighted by molar-refractivity contribution is 5.27. The summed E-state index contributed by atoms with van der Waals surface area (Å²) in [6.45, 7) is 8.38. The van der Waals surface area contributed by atoms with Crippen molar-refractivity contribution in [3.8, 4) is 0 Å². The molecule has 0 aliphatic heterocycles. The third-order valence-corrected chi connectivity index (χ3v) is 1.37. The molecule has 0 aromatic heterocycles. The first-order chi connectivity index (χ1) is 6.18. The Balaban J connectivity index is 0. The monoisotopic (exact) mass is 182 g/mol. The van der Waals surface area contributed by atoms with Crippen molar-refractivity contribution < 1.29 is 9.90 Å². The lowest BCUT2D eigenvalue weighted by Crippen LogP contribution is -1.78. The smallest absolute Gasteiger partial charge is 0.106 e. The third-order valence-electron chi connectivity index (χ3n) is 1.37. The number of rotatable bonds is 0. The van der Waals surface area contributed by atoms with Crippen LogP contribution < -0.4 is 0 Å². The Hall–Kier alpha value is -1.15. The van der Waals surface area contributed by atoms with Gasteiger partial charge >= 0.3 is 0 Å². The summed E-state index contributed by atoms with van der Waals surface area (Å²) in [5.74, 6) is 0. The van der Waals surface area contributed by atoms with E-state index in [0.29, 0.717) is 0 Å². The van der Waals surface area contributed by atoms with Crippen LogP contribution in [0.4, 0.5) is 0 Å². The minimum Gasteiger partial charge on any atom is -0.400 e. The molecule has 0 atom stereocenters. The molecular formula is C11H18O2. The van der Waals surface area contributed by atoms with E-state index >= 15 is 0 Å². The molecule has 1 rings (SSSR count). The molecule has 2 nitrogen and oxygen atoms in total. The van der Waals surface area contributed by atoms with Crippen molar-refractivity contribution in [1.82, 2.24) is 0 Å². The van der Waals surface area contributed by atoms with E-state index in [1.807, 2.05) is 6.79 Å². The van der Waals surface area contributed by atoms with E-state index < -0.39 is 0 Å². The zero-order valence-corrected chi connectivity index (χ0v) is 8.79. The predicted octanol–water partition coefficient (Wildman–Crippen LogP) is 2.04. The van der Waals surface area contributed by atoms with E-state index in [1.165, 1.54) is 16.7 Å². The Morgan fingerprint density at radius 2 is 1.00 bits per heavy atom. The molecule has 0 saturated heterocycles. The lowest BCUT2D eigenvalue weighted by Gasteiger charge is -1.96. The van der Waals surface area contributed by atoms with Crippen molar-refractivity contribution >= 4 is 6.79 Å². The van der Waals surface area contributed by atoms with Gasteiger partial charge in [-0.1, -0.05) is 34.9 Å². The van der Waals surface area contributed by atoms with Gasteiger partial charge in [-0.3, -0.25) is 0 Å². The molecule has 0 aliphatic rings. The molecule has 74 valence electrons. The number of hydrogen-bond donors (Lipinski definition) is 1. The van der Waals surface area contributed by atoms with Crippen molar-refractivity contribution in [3.05, 3.63) is 34.9 Å². The van der Waals surface area contributed by atoms with Gasteiger partial charge in [0.15, 0.2) is 0 Å². The molecule has 0 unspecified atom stereocenters. The van der Waals surface area contributed by atoms with Crippen LogP contribution in [0, 0.1) is 20.8 Å². The van der Waals surface area contributed by atoms with Crippen LogP contribution in [0.25, 0.3) is 0 Å². The second-order valence-electron chi connectivity index (χ2n) is 2.67. The maximum absolute atomic E-state index is 8.00. The molecule has 1 N–H and O–H groups in total. The van der Waals surface area contributed by atoms with E-state index in [1.54, 1.807) is 0 Å². The maximum Gasteiger partial charge on any atom is 0.106 e. The van der Waals surface area contributed by atoms with Gasteiger partial charge in [-0.2, -0.15) is 0 Å². The minimum absolute atomic E-state index is 1.00. The van der Waals surface area contributed by atoms with E-state index in [-0.39, 0.29) is 0 Å². The van der Waals surface area contributed by atoms with Crippen molar-refractivity contribution in [3.63, 3.8) is 0 Å². The number of aliphatic hydroxyl groups excluding tert-OH is 1. The van der Waals surface area contributed by atoms with Crippen LogP contribution in [0.5, 0.6) is 0 Å². The fraction of sp³-hybridized carbons (Fsp3) is 0.364. The van der Waals surface area contributed by atoms with Gasteiger partial charge in [0.2, 0.25) is 0 Å². The van der Waals surface area contributed by atoms with Gasteiger partial charge in [-0.25, -0.2) is 0 Å². The number of aryl methyl sites for hydroxylation is 3. The summed E-state index contributed by atoms with van der Waals surface area (Å²) in [7, 11) is 1.00. The van der Waals surface area contributed by atoms with Crippen LogP contribution >= 0.6 is 0 Å². The lowest BCUT2D eigenvalue weighted by atomic mass is 10.1. The summed E-state index contributed by atoms with van der Waals surface area (Å²) < 4.78 is 0. The summed E-state index contributed by atoms with van der Waals surface area (Å²) in [5.41, 5.74) is 4.06. The van der Waals surface area contributed by atoms with E-state index in [0.717, 1.165) is 7.11 Å². The largest absolute Gasteiger partial charge is 0.400 e. The van der Waals surface area contributed by atoms with Gasteiger partial charge in [-0.05, 0) is 20.8 Å². The van der Waals surface area contributed by atoms with Gasteiger partial charge in [0.1, 0.15) is 6.79 Å². The quantitative estimate of drug-likeness (QED) is 0.666. The summed E-state index contributed by atoms with van der Waals surface area (Å²) in [6, 6.07) is 6.56. The lowest BCUT2D eigenvalue weighted by molar-refractivity contribution is -0.0979. The molecule has 1 aromatic carbocycles. The van der Waals surface area contributed by atoms with Crippen LogP contribution in [-0.2, 0) is 4.79 Å². The highest BCUT2D eigenvalue weighted by Gasteiger charge is 1.87. The molecule has 0 radical (unpaired) electrons. The molecule has 0 spiro atoms. The average Bonchev–Trinajstić information content (AvgIpc) is 2.09. The van der Waals surface area contributed by atoms with Gasteiger partial charge in [0.25, 0.3) is 0 Å². The molecule has 2 heteroatoms. The van der Waals surface area contributed by atoms with Gasteiger partial charge < -0.3 is 9.90 Å². The Morgan fingerprint density at radius 1 is 0.846 bits per heavy atom. The third kappa shape index (κ3) is 7.22. The predicted molar refractivity (Wildman–Crippen MR) is 55.9 cm³/mol. The first-order valence-electron chi connectivity index (χ1n) is 3.97. The first-order valence-corrected chi connectivity index (χ1v) is 3.97. The number of aliphatic hydroxyl groups is 1. The zero-order valence-electron chi connectivity index (χ0n) is 8.79. The fourth-order valence-corrected chi connectivity index (χ4v) is 1.20. The van der Waals surface area contributed by atoms with E-state index in [9.17, 15) is 0 Å². The van der Waals surface area contributed by atoms with Crippen molar-refractivity contribution in [1.29, 1.82) is 0 Å².